The van der Waals surface area contributed by atoms with Crippen LogP contribution >= 0.6 is 0 Å². The van der Waals surface area contributed by atoms with Gasteiger partial charge in [-0.1, -0.05) is 36.4 Å². The summed E-state index contributed by atoms with van der Waals surface area (Å²) < 4.78 is 5.19. The summed E-state index contributed by atoms with van der Waals surface area (Å²) in [7, 11) is 1.69. The summed E-state index contributed by atoms with van der Waals surface area (Å²) in [5, 5.41) is 0. The summed E-state index contributed by atoms with van der Waals surface area (Å²) in [6, 6.07) is 21.1. The number of hydrogen-bond acceptors (Lipinski definition) is 2. The molecular formula is C20H19NO. The highest BCUT2D eigenvalue weighted by Crippen LogP contribution is 2.20. The average Bonchev–Trinajstić information content (AvgIpc) is 2.61. The second kappa shape index (κ2) is 6.90. The minimum Gasteiger partial charge on any atom is -0.497 e. The fraction of sp³-hybridized carbons (Fsp3) is 0.150. The minimum absolute atomic E-state index is 0.906. The van der Waals surface area contributed by atoms with Gasteiger partial charge in [0, 0.05) is 12.4 Å². The molecule has 1 aromatic heterocycles. The Morgan fingerprint density at radius 3 is 2.23 bits per heavy atom. The molecule has 0 aliphatic carbocycles. The van der Waals surface area contributed by atoms with Gasteiger partial charge in [0.15, 0.2) is 0 Å². The van der Waals surface area contributed by atoms with Crippen LogP contribution in [0.5, 0.6) is 5.75 Å². The number of aromatic nitrogens is 1. The first kappa shape index (κ1) is 14.3. The van der Waals surface area contributed by atoms with Crippen LogP contribution in [-0.4, -0.2) is 12.1 Å². The molecule has 110 valence electrons. The van der Waals surface area contributed by atoms with Crippen molar-refractivity contribution in [1.29, 1.82) is 0 Å². The molecule has 3 rings (SSSR count). The van der Waals surface area contributed by atoms with Gasteiger partial charge in [-0.3, -0.25) is 4.98 Å². The molecule has 22 heavy (non-hydrogen) atoms. The average molecular weight is 289 g/mol. The monoisotopic (exact) mass is 289 g/mol. The van der Waals surface area contributed by atoms with Gasteiger partial charge in [0.2, 0.25) is 0 Å². The molecule has 0 aliphatic rings. The highest BCUT2D eigenvalue weighted by Gasteiger charge is 2.01. The summed E-state index contributed by atoms with van der Waals surface area (Å²) in [6.07, 6.45) is 5.73. The Bertz CT molecular complexity index is 720. The van der Waals surface area contributed by atoms with Gasteiger partial charge in [0.05, 0.1) is 7.11 Å². The van der Waals surface area contributed by atoms with Crippen LogP contribution in [0.4, 0.5) is 0 Å². The van der Waals surface area contributed by atoms with Crippen molar-refractivity contribution in [2.24, 2.45) is 0 Å². The van der Waals surface area contributed by atoms with E-state index < -0.39 is 0 Å². The zero-order chi connectivity index (χ0) is 15.2. The third kappa shape index (κ3) is 3.53. The first-order valence-electron chi connectivity index (χ1n) is 7.47. The van der Waals surface area contributed by atoms with Crippen LogP contribution in [0.1, 0.15) is 11.1 Å². The molecule has 0 spiro atoms. The van der Waals surface area contributed by atoms with Crippen molar-refractivity contribution in [3.63, 3.8) is 0 Å². The smallest absolute Gasteiger partial charge is 0.118 e. The lowest BCUT2D eigenvalue weighted by Gasteiger charge is -2.06. The molecular weight excluding hydrogens is 270 g/mol. The number of benzene rings is 2. The summed E-state index contributed by atoms with van der Waals surface area (Å²) in [5.74, 6) is 0.906. The summed E-state index contributed by atoms with van der Waals surface area (Å²) in [4.78, 5) is 4.07. The van der Waals surface area contributed by atoms with Crippen LogP contribution in [0.25, 0.3) is 11.1 Å². The van der Waals surface area contributed by atoms with Crippen molar-refractivity contribution in [2.75, 3.05) is 7.11 Å². The third-order valence-corrected chi connectivity index (χ3v) is 3.80. The fourth-order valence-corrected chi connectivity index (χ4v) is 2.53. The first-order valence-corrected chi connectivity index (χ1v) is 7.47. The molecule has 0 fully saturated rings. The lowest BCUT2D eigenvalue weighted by molar-refractivity contribution is 0.414. The molecule has 0 amide bonds. The topological polar surface area (TPSA) is 22.1 Å². The Balaban J connectivity index is 1.70. The summed E-state index contributed by atoms with van der Waals surface area (Å²) in [6.45, 7) is 0. The Morgan fingerprint density at radius 1 is 0.773 bits per heavy atom. The second-order valence-electron chi connectivity index (χ2n) is 5.28. The van der Waals surface area contributed by atoms with E-state index in [4.69, 9.17) is 4.74 Å². The molecule has 0 radical (unpaired) electrons. The highest BCUT2D eigenvalue weighted by atomic mass is 16.5. The maximum Gasteiger partial charge on any atom is 0.118 e. The number of ether oxygens (including phenoxy) is 1. The Hall–Kier alpha value is -2.61. The lowest BCUT2D eigenvalue weighted by Crippen LogP contribution is -1.92. The predicted octanol–water partition coefficient (Wildman–Crippen LogP) is 4.54. The van der Waals surface area contributed by atoms with Crippen molar-refractivity contribution in [3.8, 4) is 16.9 Å². The van der Waals surface area contributed by atoms with Gasteiger partial charge in [0.25, 0.3) is 0 Å². The van der Waals surface area contributed by atoms with Crippen molar-refractivity contribution < 1.29 is 4.74 Å². The van der Waals surface area contributed by atoms with Gasteiger partial charge in [-0.05, 0) is 59.4 Å². The molecule has 2 aromatic carbocycles. The SMILES string of the molecule is COc1ccc(CCc2cccc(-c3ccncc3)c2)cc1. The van der Waals surface area contributed by atoms with Gasteiger partial charge in [-0.25, -0.2) is 0 Å². The zero-order valence-corrected chi connectivity index (χ0v) is 12.7. The van der Waals surface area contributed by atoms with E-state index in [9.17, 15) is 0 Å². The minimum atomic E-state index is 0.906. The van der Waals surface area contributed by atoms with Gasteiger partial charge in [-0.15, -0.1) is 0 Å². The molecule has 0 bridgehead atoms. The van der Waals surface area contributed by atoms with E-state index in [1.807, 2.05) is 36.7 Å². The van der Waals surface area contributed by atoms with Gasteiger partial charge in [0.1, 0.15) is 5.75 Å². The molecule has 0 unspecified atom stereocenters. The molecule has 2 nitrogen and oxygen atoms in total. The Morgan fingerprint density at radius 2 is 1.50 bits per heavy atom. The molecule has 3 aromatic rings. The molecule has 0 saturated heterocycles. The summed E-state index contributed by atoms with van der Waals surface area (Å²) in [5.41, 5.74) is 5.14. The Labute approximate surface area is 131 Å². The maximum atomic E-state index is 5.19. The normalized spacial score (nSPS) is 10.4. The van der Waals surface area contributed by atoms with Crippen molar-refractivity contribution in [1.82, 2.24) is 4.98 Å². The van der Waals surface area contributed by atoms with Crippen LogP contribution in [0.15, 0.2) is 73.1 Å². The second-order valence-corrected chi connectivity index (χ2v) is 5.28. The molecule has 1 heterocycles. The number of pyridine rings is 1. The van der Waals surface area contributed by atoms with Crippen molar-refractivity contribution in [3.05, 3.63) is 84.2 Å². The van der Waals surface area contributed by atoms with Crippen LogP contribution in [0.3, 0.4) is 0 Å². The van der Waals surface area contributed by atoms with Gasteiger partial charge in [-0.2, -0.15) is 0 Å². The van der Waals surface area contributed by atoms with Gasteiger partial charge >= 0.3 is 0 Å². The first-order chi connectivity index (χ1) is 10.8. The fourth-order valence-electron chi connectivity index (χ4n) is 2.53. The van der Waals surface area contributed by atoms with Gasteiger partial charge < -0.3 is 4.74 Å². The van der Waals surface area contributed by atoms with Crippen LogP contribution in [-0.2, 0) is 12.8 Å². The largest absolute Gasteiger partial charge is 0.497 e. The molecule has 0 atom stereocenters. The van der Waals surface area contributed by atoms with E-state index in [0.717, 1.165) is 18.6 Å². The maximum absolute atomic E-state index is 5.19. The standard InChI is InChI=1S/C20H19NO/c1-22-20-9-7-16(8-10-20)5-6-17-3-2-4-19(15-17)18-11-13-21-14-12-18/h2-4,7-15H,5-6H2,1H3. The third-order valence-electron chi connectivity index (χ3n) is 3.80. The quantitative estimate of drug-likeness (QED) is 0.688. The highest BCUT2D eigenvalue weighted by molar-refractivity contribution is 5.63. The van der Waals surface area contributed by atoms with E-state index in [2.05, 4.69) is 41.4 Å². The zero-order valence-electron chi connectivity index (χ0n) is 12.7. The molecule has 0 N–H and O–H groups in total. The summed E-state index contributed by atoms with van der Waals surface area (Å²) >= 11 is 0. The van der Waals surface area contributed by atoms with Crippen LogP contribution in [0.2, 0.25) is 0 Å². The number of methoxy groups -OCH3 is 1. The molecule has 0 aliphatic heterocycles. The van der Waals surface area contributed by atoms with Crippen molar-refractivity contribution in [2.45, 2.75) is 12.8 Å². The Kier molecular flexibility index (Phi) is 4.50. The van der Waals surface area contributed by atoms with E-state index in [-0.39, 0.29) is 0 Å². The number of hydrogen-bond donors (Lipinski definition) is 0. The lowest BCUT2D eigenvalue weighted by atomic mass is 10.00. The predicted molar refractivity (Wildman–Crippen MR) is 90.1 cm³/mol. The van der Waals surface area contributed by atoms with E-state index in [1.54, 1.807) is 7.11 Å². The van der Waals surface area contributed by atoms with Crippen LogP contribution < -0.4 is 4.74 Å². The number of rotatable bonds is 5. The van der Waals surface area contributed by atoms with E-state index >= 15 is 0 Å². The van der Waals surface area contributed by atoms with Crippen molar-refractivity contribution >= 4 is 0 Å². The number of nitrogens with zero attached hydrogens (tertiary/aromatic N) is 1. The van der Waals surface area contributed by atoms with E-state index in [0.29, 0.717) is 0 Å². The van der Waals surface area contributed by atoms with E-state index in [1.165, 1.54) is 22.3 Å². The van der Waals surface area contributed by atoms with Crippen LogP contribution in [0, 0.1) is 0 Å². The number of aryl methyl sites for hydroxylation is 2. The molecule has 2 heteroatoms. The molecule has 0 saturated carbocycles.